The van der Waals surface area contributed by atoms with Crippen LogP contribution in [0.5, 0.6) is 0 Å². The molecule has 1 aliphatic carbocycles. The van der Waals surface area contributed by atoms with Crippen LogP contribution in [0.4, 0.5) is 0 Å². The number of nitrogens with zero attached hydrogens (tertiary/aromatic N) is 1. The van der Waals surface area contributed by atoms with E-state index in [1.165, 1.54) is 19.3 Å². The van der Waals surface area contributed by atoms with E-state index in [1.807, 2.05) is 12.1 Å². The highest BCUT2D eigenvalue weighted by molar-refractivity contribution is 7.99. The van der Waals surface area contributed by atoms with Crippen molar-refractivity contribution in [2.24, 2.45) is 5.41 Å². The van der Waals surface area contributed by atoms with Gasteiger partial charge in [-0.05, 0) is 36.1 Å². The van der Waals surface area contributed by atoms with E-state index in [0.717, 1.165) is 21.6 Å². The molecule has 15 heavy (non-hydrogen) atoms. The first-order valence-electron chi connectivity index (χ1n) is 5.10. The summed E-state index contributed by atoms with van der Waals surface area (Å²) >= 11 is 12.3. The Morgan fingerprint density at radius 2 is 2.33 bits per heavy atom. The van der Waals surface area contributed by atoms with E-state index < -0.39 is 0 Å². The summed E-state index contributed by atoms with van der Waals surface area (Å²) < 4.78 is 0. The monoisotopic (exact) mass is 259 g/mol. The standard InChI is InChI=1S/C11H14ClNS2/c12-9-3-1-6-13-10(9)15-8-11(7-14)4-2-5-11/h1,3,6,14H,2,4-5,7-8H2. The number of thiol groups is 1. The maximum absolute atomic E-state index is 6.06. The van der Waals surface area contributed by atoms with E-state index in [1.54, 1.807) is 18.0 Å². The largest absolute Gasteiger partial charge is 0.248 e. The van der Waals surface area contributed by atoms with Crippen molar-refractivity contribution in [1.29, 1.82) is 0 Å². The molecule has 2 rings (SSSR count). The molecule has 0 spiro atoms. The molecule has 0 aromatic carbocycles. The van der Waals surface area contributed by atoms with Gasteiger partial charge in [0.05, 0.1) is 5.02 Å². The van der Waals surface area contributed by atoms with Crippen molar-refractivity contribution in [2.45, 2.75) is 24.3 Å². The van der Waals surface area contributed by atoms with Gasteiger partial charge >= 0.3 is 0 Å². The van der Waals surface area contributed by atoms with Gasteiger partial charge < -0.3 is 0 Å². The zero-order valence-corrected chi connectivity index (χ0v) is 10.9. The summed E-state index contributed by atoms with van der Waals surface area (Å²) in [6, 6.07) is 3.76. The van der Waals surface area contributed by atoms with Crippen molar-refractivity contribution in [1.82, 2.24) is 4.98 Å². The summed E-state index contributed by atoms with van der Waals surface area (Å²) in [4.78, 5) is 4.28. The van der Waals surface area contributed by atoms with Crippen LogP contribution in [-0.2, 0) is 0 Å². The second-order valence-electron chi connectivity index (χ2n) is 4.09. The lowest BCUT2D eigenvalue weighted by molar-refractivity contribution is 0.205. The number of halogens is 1. The molecule has 0 saturated heterocycles. The van der Waals surface area contributed by atoms with Gasteiger partial charge in [-0.3, -0.25) is 0 Å². The molecule has 0 atom stereocenters. The van der Waals surface area contributed by atoms with E-state index >= 15 is 0 Å². The van der Waals surface area contributed by atoms with Crippen molar-refractivity contribution in [3.63, 3.8) is 0 Å². The molecular formula is C11H14ClNS2. The third-order valence-electron chi connectivity index (χ3n) is 2.99. The Morgan fingerprint density at radius 3 is 2.87 bits per heavy atom. The van der Waals surface area contributed by atoms with Gasteiger partial charge in [0.25, 0.3) is 0 Å². The molecule has 82 valence electrons. The van der Waals surface area contributed by atoms with E-state index in [9.17, 15) is 0 Å². The first kappa shape index (κ1) is 11.6. The average molecular weight is 260 g/mol. The molecule has 0 bridgehead atoms. The minimum atomic E-state index is 0.439. The Hall–Kier alpha value is 0.140. The number of hydrogen-bond donors (Lipinski definition) is 1. The lowest BCUT2D eigenvalue weighted by Crippen LogP contribution is -2.33. The van der Waals surface area contributed by atoms with Crippen molar-refractivity contribution >= 4 is 36.0 Å². The first-order chi connectivity index (χ1) is 7.26. The lowest BCUT2D eigenvalue weighted by atomic mass is 9.72. The molecular weight excluding hydrogens is 246 g/mol. The van der Waals surface area contributed by atoms with E-state index in [0.29, 0.717) is 5.41 Å². The highest BCUT2D eigenvalue weighted by Crippen LogP contribution is 2.45. The maximum Gasteiger partial charge on any atom is 0.115 e. The van der Waals surface area contributed by atoms with Gasteiger partial charge in [-0.1, -0.05) is 18.0 Å². The zero-order chi connectivity index (χ0) is 10.7. The van der Waals surface area contributed by atoms with Gasteiger partial charge in [0.1, 0.15) is 5.03 Å². The first-order valence-corrected chi connectivity index (χ1v) is 7.10. The fraction of sp³-hybridized carbons (Fsp3) is 0.545. The minimum Gasteiger partial charge on any atom is -0.248 e. The van der Waals surface area contributed by atoms with Crippen LogP contribution in [0, 0.1) is 5.41 Å². The molecule has 0 radical (unpaired) electrons. The summed E-state index contributed by atoms with van der Waals surface area (Å²) in [6.07, 6.45) is 5.74. The van der Waals surface area contributed by atoms with Crippen LogP contribution in [-0.4, -0.2) is 16.5 Å². The predicted molar refractivity (Wildman–Crippen MR) is 70.1 cm³/mol. The Balaban J connectivity index is 1.95. The van der Waals surface area contributed by atoms with E-state index in [4.69, 9.17) is 11.6 Å². The zero-order valence-electron chi connectivity index (χ0n) is 8.45. The minimum absolute atomic E-state index is 0.439. The number of aromatic nitrogens is 1. The SMILES string of the molecule is SCC1(CSc2ncccc2Cl)CCC1. The van der Waals surface area contributed by atoms with E-state index in [2.05, 4.69) is 17.6 Å². The van der Waals surface area contributed by atoms with Crippen molar-refractivity contribution in [3.05, 3.63) is 23.4 Å². The summed E-state index contributed by atoms with van der Waals surface area (Å²) in [5.74, 6) is 2.07. The molecule has 1 aromatic rings. The molecule has 1 heterocycles. The number of pyridine rings is 1. The van der Waals surface area contributed by atoms with Gasteiger partial charge in [0.15, 0.2) is 0 Å². The van der Waals surface area contributed by atoms with Gasteiger partial charge in [0, 0.05) is 11.9 Å². The van der Waals surface area contributed by atoms with Crippen LogP contribution in [0.15, 0.2) is 23.4 Å². The lowest BCUT2D eigenvalue weighted by Gasteiger charge is -2.40. The molecule has 0 unspecified atom stereocenters. The smallest absolute Gasteiger partial charge is 0.115 e. The van der Waals surface area contributed by atoms with Gasteiger partial charge in [-0.2, -0.15) is 12.6 Å². The van der Waals surface area contributed by atoms with Crippen LogP contribution in [0.3, 0.4) is 0 Å². The van der Waals surface area contributed by atoms with Gasteiger partial charge in [-0.15, -0.1) is 11.8 Å². The summed E-state index contributed by atoms with van der Waals surface area (Å²) in [7, 11) is 0. The highest BCUT2D eigenvalue weighted by atomic mass is 35.5. The molecule has 1 saturated carbocycles. The fourth-order valence-electron chi connectivity index (χ4n) is 1.72. The number of thioether (sulfide) groups is 1. The van der Waals surface area contributed by atoms with Gasteiger partial charge in [-0.25, -0.2) is 4.98 Å². The summed E-state index contributed by atoms with van der Waals surface area (Å²) in [6.45, 7) is 0. The molecule has 0 N–H and O–H groups in total. The topological polar surface area (TPSA) is 12.9 Å². The van der Waals surface area contributed by atoms with Crippen LogP contribution < -0.4 is 0 Å². The number of rotatable bonds is 4. The van der Waals surface area contributed by atoms with Crippen molar-refractivity contribution in [2.75, 3.05) is 11.5 Å². The third kappa shape index (κ3) is 2.63. The second kappa shape index (κ2) is 4.98. The van der Waals surface area contributed by atoms with Crippen molar-refractivity contribution in [3.8, 4) is 0 Å². The quantitative estimate of drug-likeness (QED) is 0.650. The molecule has 1 fully saturated rings. The Bertz CT molecular complexity index is 334. The van der Waals surface area contributed by atoms with Crippen molar-refractivity contribution < 1.29 is 0 Å². The van der Waals surface area contributed by atoms with Crippen LogP contribution in [0.1, 0.15) is 19.3 Å². The van der Waals surface area contributed by atoms with Crippen LogP contribution >= 0.6 is 36.0 Å². The van der Waals surface area contributed by atoms with Crippen LogP contribution in [0.25, 0.3) is 0 Å². The maximum atomic E-state index is 6.06. The molecule has 0 amide bonds. The molecule has 1 nitrogen and oxygen atoms in total. The molecule has 1 aliphatic rings. The van der Waals surface area contributed by atoms with Gasteiger partial charge in [0.2, 0.25) is 0 Å². The molecule has 1 aromatic heterocycles. The Kier molecular flexibility index (Phi) is 3.86. The third-order valence-corrected chi connectivity index (χ3v) is 5.43. The fourth-order valence-corrected chi connectivity index (χ4v) is 3.76. The van der Waals surface area contributed by atoms with Crippen LogP contribution in [0.2, 0.25) is 5.02 Å². The van der Waals surface area contributed by atoms with E-state index in [-0.39, 0.29) is 0 Å². The predicted octanol–water partition coefficient (Wildman–Crippen LogP) is 3.93. The number of hydrogen-bond acceptors (Lipinski definition) is 3. The molecule has 4 heteroatoms. The summed E-state index contributed by atoms with van der Waals surface area (Å²) in [5, 5.41) is 1.71. The normalized spacial score (nSPS) is 18.5. The molecule has 0 aliphatic heterocycles. The Labute approximate surface area is 105 Å². The summed E-state index contributed by atoms with van der Waals surface area (Å²) in [5.41, 5.74) is 0.439. The average Bonchev–Trinajstić information content (AvgIpc) is 2.19. The second-order valence-corrected chi connectivity index (χ2v) is 5.78. The highest BCUT2D eigenvalue weighted by Gasteiger charge is 2.35. The Morgan fingerprint density at radius 1 is 1.53 bits per heavy atom.